The lowest BCUT2D eigenvalue weighted by molar-refractivity contribution is -0.0512. The van der Waals surface area contributed by atoms with Gasteiger partial charge in [0.25, 0.3) is 0 Å². The fourth-order valence-electron chi connectivity index (χ4n) is 0.966. The van der Waals surface area contributed by atoms with Gasteiger partial charge in [-0.3, -0.25) is 0 Å². The number of hydrogen-bond donors (Lipinski definition) is 2. The Hall–Kier alpha value is -0.710. The Kier molecular flexibility index (Phi) is 10.3. The van der Waals surface area contributed by atoms with E-state index in [1.807, 2.05) is 6.07 Å². The van der Waals surface area contributed by atoms with Gasteiger partial charge >= 0.3 is 0 Å². The second-order valence-corrected chi connectivity index (χ2v) is 3.28. The largest absolute Gasteiger partial charge is 0.388 e. The summed E-state index contributed by atoms with van der Waals surface area (Å²) < 4.78 is 14.7. The highest BCUT2D eigenvalue weighted by Gasteiger charge is 2.07. The van der Waals surface area contributed by atoms with Crippen molar-refractivity contribution in [2.24, 2.45) is 0 Å². The monoisotopic (exact) mass is 233 g/mol. The maximum Gasteiger partial charge on any atom is 0.101 e. The molecule has 94 valence electrons. The van der Waals surface area contributed by atoms with Crippen LogP contribution in [0.3, 0.4) is 0 Å². The van der Waals surface area contributed by atoms with Gasteiger partial charge < -0.3 is 24.4 Å². The summed E-state index contributed by atoms with van der Waals surface area (Å²) >= 11 is 0. The molecule has 0 radical (unpaired) electrons. The Morgan fingerprint density at radius 1 is 1.06 bits per heavy atom. The molecule has 0 saturated heterocycles. The number of aliphatic hydroxyl groups excluding tert-OH is 2. The lowest BCUT2D eigenvalue weighted by atomic mass is 10.4. The van der Waals surface area contributed by atoms with Crippen molar-refractivity contribution in [2.45, 2.75) is 18.6 Å². The highest BCUT2D eigenvalue weighted by molar-refractivity contribution is 4.67. The smallest absolute Gasteiger partial charge is 0.101 e. The highest BCUT2D eigenvalue weighted by atomic mass is 16.5. The molecule has 2 N–H and O–H groups in total. The summed E-state index contributed by atoms with van der Waals surface area (Å²) in [6, 6.07) is 1.93. The van der Waals surface area contributed by atoms with Gasteiger partial charge in [0.15, 0.2) is 0 Å². The predicted molar refractivity (Wildman–Crippen MR) is 55.8 cm³/mol. The molecule has 0 aliphatic carbocycles. The molecule has 0 aromatic heterocycles. The fraction of sp³-hybridized carbons (Fsp3) is 0.900. The van der Waals surface area contributed by atoms with Crippen LogP contribution in [0, 0.1) is 11.3 Å². The Morgan fingerprint density at radius 3 is 2.19 bits per heavy atom. The SMILES string of the molecule is COCC(O)COCC(O)COCCC#N. The molecule has 0 bridgehead atoms. The van der Waals surface area contributed by atoms with E-state index in [9.17, 15) is 10.2 Å². The minimum absolute atomic E-state index is 0.0906. The molecule has 16 heavy (non-hydrogen) atoms. The zero-order chi connectivity index (χ0) is 12.2. The van der Waals surface area contributed by atoms with Gasteiger partial charge in [-0.15, -0.1) is 0 Å². The third-order valence-electron chi connectivity index (χ3n) is 1.65. The summed E-state index contributed by atoms with van der Waals surface area (Å²) in [5.41, 5.74) is 0. The van der Waals surface area contributed by atoms with Crippen LogP contribution >= 0.6 is 0 Å². The van der Waals surface area contributed by atoms with Crippen molar-refractivity contribution in [2.75, 3.05) is 40.1 Å². The summed E-state index contributed by atoms with van der Waals surface area (Å²) in [5, 5.41) is 26.8. The summed E-state index contributed by atoms with van der Waals surface area (Å²) in [6.07, 6.45) is -1.12. The number of hydrogen-bond acceptors (Lipinski definition) is 6. The zero-order valence-corrected chi connectivity index (χ0v) is 9.46. The minimum Gasteiger partial charge on any atom is -0.388 e. The summed E-state index contributed by atoms with van der Waals surface area (Å²) in [4.78, 5) is 0. The van der Waals surface area contributed by atoms with Crippen molar-refractivity contribution in [1.82, 2.24) is 0 Å². The number of nitrogens with zero attached hydrogens (tertiary/aromatic N) is 1. The molecule has 2 unspecified atom stereocenters. The average Bonchev–Trinajstić information content (AvgIpc) is 2.25. The van der Waals surface area contributed by atoms with Crippen molar-refractivity contribution in [1.29, 1.82) is 5.26 Å². The lowest BCUT2D eigenvalue weighted by Gasteiger charge is -2.13. The number of aliphatic hydroxyl groups is 2. The molecule has 6 heteroatoms. The van der Waals surface area contributed by atoms with Crippen molar-refractivity contribution in [3.8, 4) is 6.07 Å². The summed E-state index contributed by atoms with van der Waals surface area (Å²) in [5.74, 6) is 0. The molecule has 0 aromatic rings. The Bertz CT molecular complexity index is 194. The molecule has 0 rings (SSSR count). The first kappa shape index (κ1) is 15.3. The van der Waals surface area contributed by atoms with E-state index in [2.05, 4.69) is 0 Å². The Balaban J connectivity index is 3.30. The topological polar surface area (TPSA) is 91.9 Å². The predicted octanol–water partition coefficient (Wildman–Crippen LogP) is -0.699. The second kappa shape index (κ2) is 10.8. The molecule has 0 heterocycles. The van der Waals surface area contributed by atoms with E-state index in [-0.39, 0.29) is 26.4 Å². The third-order valence-corrected chi connectivity index (χ3v) is 1.65. The van der Waals surface area contributed by atoms with Gasteiger partial charge in [0.2, 0.25) is 0 Å². The van der Waals surface area contributed by atoms with Crippen LogP contribution in [0.1, 0.15) is 6.42 Å². The van der Waals surface area contributed by atoms with Crippen LogP contribution < -0.4 is 0 Å². The van der Waals surface area contributed by atoms with Crippen LogP contribution in [0.25, 0.3) is 0 Å². The van der Waals surface area contributed by atoms with Crippen molar-refractivity contribution in [3.63, 3.8) is 0 Å². The van der Waals surface area contributed by atoms with E-state index in [1.165, 1.54) is 7.11 Å². The van der Waals surface area contributed by atoms with Crippen LogP contribution in [0.2, 0.25) is 0 Å². The summed E-state index contributed by atoms with van der Waals surface area (Å²) in [6.45, 7) is 0.840. The highest BCUT2D eigenvalue weighted by Crippen LogP contribution is 1.92. The average molecular weight is 233 g/mol. The first-order chi connectivity index (χ1) is 7.70. The van der Waals surface area contributed by atoms with Gasteiger partial charge in [-0.05, 0) is 0 Å². The minimum atomic E-state index is -0.742. The lowest BCUT2D eigenvalue weighted by Crippen LogP contribution is -2.27. The van der Waals surface area contributed by atoms with Crippen molar-refractivity contribution in [3.05, 3.63) is 0 Å². The van der Waals surface area contributed by atoms with Gasteiger partial charge in [0.05, 0.1) is 45.5 Å². The van der Waals surface area contributed by atoms with Crippen LogP contribution in [-0.4, -0.2) is 62.6 Å². The second-order valence-electron chi connectivity index (χ2n) is 3.28. The molecule has 0 amide bonds. The molecule has 0 saturated carbocycles. The zero-order valence-electron chi connectivity index (χ0n) is 9.46. The van der Waals surface area contributed by atoms with Crippen molar-refractivity contribution < 1.29 is 24.4 Å². The van der Waals surface area contributed by atoms with Crippen LogP contribution in [0.15, 0.2) is 0 Å². The molecule has 0 aromatic carbocycles. The van der Waals surface area contributed by atoms with Gasteiger partial charge in [0.1, 0.15) is 12.2 Å². The quantitative estimate of drug-likeness (QED) is 0.485. The first-order valence-electron chi connectivity index (χ1n) is 5.08. The van der Waals surface area contributed by atoms with Crippen LogP contribution in [-0.2, 0) is 14.2 Å². The molecule has 0 fully saturated rings. The molecule has 2 atom stereocenters. The maximum absolute atomic E-state index is 9.35. The molecule has 0 aliphatic rings. The third kappa shape index (κ3) is 9.83. The number of nitriles is 1. The van der Waals surface area contributed by atoms with E-state index in [0.29, 0.717) is 13.0 Å². The molecule has 0 spiro atoms. The normalized spacial score (nSPS) is 14.4. The van der Waals surface area contributed by atoms with E-state index < -0.39 is 12.2 Å². The van der Waals surface area contributed by atoms with Gasteiger partial charge in [-0.25, -0.2) is 0 Å². The van der Waals surface area contributed by atoms with Gasteiger partial charge in [-0.2, -0.15) is 5.26 Å². The number of methoxy groups -OCH3 is 1. The Labute approximate surface area is 95.3 Å². The number of ether oxygens (including phenoxy) is 3. The molecule has 6 nitrogen and oxygen atoms in total. The Morgan fingerprint density at radius 2 is 1.62 bits per heavy atom. The van der Waals surface area contributed by atoms with E-state index in [4.69, 9.17) is 19.5 Å². The molecular weight excluding hydrogens is 214 g/mol. The standard InChI is InChI=1S/C10H19NO5/c1-14-5-9(12)7-16-8-10(13)6-15-4-2-3-11/h9-10,12-13H,2,4-8H2,1H3. The number of rotatable bonds is 10. The van der Waals surface area contributed by atoms with E-state index in [1.54, 1.807) is 0 Å². The van der Waals surface area contributed by atoms with Gasteiger partial charge in [-0.1, -0.05) is 0 Å². The van der Waals surface area contributed by atoms with E-state index >= 15 is 0 Å². The van der Waals surface area contributed by atoms with Crippen LogP contribution in [0.5, 0.6) is 0 Å². The first-order valence-corrected chi connectivity index (χ1v) is 5.08. The fourth-order valence-corrected chi connectivity index (χ4v) is 0.966. The molecule has 0 aliphatic heterocycles. The van der Waals surface area contributed by atoms with Crippen molar-refractivity contribution >= 4 is 0 Å². The maximum atomic E-state index is 9.35. The van der Waals surface area contributed by atoms with E-state index in [0.717, 1.165) is 0 Å². The van der Waals surface area contributed by atoms with Crippen LogP contribution in [0.4, 0.5) is 0 Å². The molecular formula is C10H19NO5. The summed E-state index contributed by atoms with van der Waals surface area (Å²) in [7, 11) is 1.49. The van der Waals surface area contributed by atoms with Gasteiger partial charge in [0, 0.05) is 7.11 Å².